The van der Waals surface area contributed by atoms with Crippen LogP contribution in [0.2, 0.25) is 0 Å². The zero-order valence-corrected chi connectivity index (χ0v) is 8.92. The highest BCUT2D eigenvalue weighted by atomic mass is 16.5. The molecule has 1 nitrogen and oxygen atoms in total. The summed E-state index contributed by atoms with van der Waals surface area (Å²) in [5.74, 6) is 0. The second-order valence-electron chi connectivity index (χ2n) is 4.38. The van der Waals surface area contributed by atoms with Gasteiger partial charge in [0.15, 0.2) is 0 Å². The zero-order valence-electron chi connectivity index (χ0n) is 8.92. The fourth-order valence-electron chi connectivity index (χ4n) is 1.29. The molecule has 0 aromatic heterocycles. The van der Waals surface area contributed by atoms with Crippen LogP contribution >= 0.6 is 0 Å². The Morgan fingerprint density at radius 1 is 1.23 bits per heavy atom. The number of hydrogen-bond acceptors (Lipinski definition) is 1. The van der Waals surface area contributed by atoms with Gasteiger partial charge in [-0.25, -0.2) is 0 Å². The molecule has 0 saturated heterocycles. The van der Waals surface area contributed by atoms with Crippen LogP contribution in [0, 0.1) is 0 Å². The van der Waals surface area contributed by atoms with Gasteiger partial charge in [0.05, 0.1) is 6.61 Å². The van der Waals surface area contributed by atoms with Crippen LogP contribution < -0.4 is 0 Å². The van der Waals surface area contributed by atoms with Crippen molar-refractivity contribution < 1.29 is 4.74 Å². The lowest BCUT2D eigenvalue weighted by molar-refractivity contribution is 0.185. The van der Waals surface area contributed by atoms with Crippen molar-refractivity contribution in [1.29, 1.82) is 0 Å². The number of benzene rings is 1. The second-order valence-corrected chi connectivity index (χ2v) is 4.38. The molecule has 1 aromatic carbocycles. The van der Waals surface area contributed by atoms with E-state index in [0.717, 1.165) is 0 Å². The van der Waals surface area contributed by atoms with Gasteiger partial charge in [-0.3, -0.25) is 0 Å². The van der Waals surface area contributed by atoms with Crippen molar-refractivity contribution in [2.75, 3.05) is 7.11 Å². The van der Waals surface area contributed by atoms with Crippen LogP contribution in [0.15, 0.2) is 24.3 Å². The van der Waals surface area contributed by atoms with Gasteiger partial charge in [-0.1, -0.05) is 45.0 Å². The van der Waals surface area contributed by atoms with Crippen LogP contribution in [0.5, 0.6) is 0 Å². The van der Waals surface area contributed by atoms with Gasteiger partial charge in [0, 0.05) is 7.11 Å². The van der Waals surface area contributed by atoms with Crippen molar-refractivity contribution in [1.82, 2.24) is 0 Å². The third-order valence-electron chi connectivity index (χ3n) is 2.10. The summed E-state index contributed by atoms with van der Waals surface area (Å²) in [6.45, 7) is 7.36. The van der Waals surface area contributed by atoms with E-state index in [2.05, 4.69) is 45.0 Å². The minimum Gasteiger partial charge on any atom is -0.380 e. The fraction of sp³-hybridized carbons (Fsp3) is 0.500. The third kappa shape index (κ3) is 2.85. The van der Waals surface area contributed by atoms with Gasteiger partial charge >= 0.3 is 0 Å². The van der Waals surface area contributed by atoms with Crippen molar-refractivity contribution in [3.63, 3.8) is 0 Å². The fourth-order valence-corrected chi connectivity index (χ4v) is 1.29. The van der Waals surface area contributed by atoms with E-state index in [0.29, 0.717) is 6.61 Å². The minimum absolute atomic E-state index is 0.226. The molecule has 1 heteroatoms. The average Bonchev–Trinajstić information content (AvgIpc) is 2.04. The molecule has 1 aromatic rings. The summed E-state index contributed by atoms with van der Waals surface area (Å²) in [6, 6.07) is 8.57. The molecule has 72 valence electrons. The summed E-state index contributed by atoms with van der Waals surface area (Å²) in [4.78, 5) is 0. The maximum absolute atomic E-state index is 5.10. The van der Waals surface area contributed by atoms with Crippen LogP contribution in [0.1, 0.15) is 31.9 Å². The lowest BCUT2D eigenvalue weighted by atomic mass is 9.86. The molecule has 0 radical (unpaired) electrons. The smallest absolute Gasteiger partial charge is 0.0713 e. The van der Waals surface area contributed by atoms with Crippen molar-refractivity contribution in [3.8, 4) is 0 Å². The average molecular weight is 178 g/mol. The Labute approximate surface area is 80.7 Å². The largest absolute Gasteiger partial charge is 0.380 e. The predicted molar refractivity (Wildman–Crippen MR) is 55.9 cm³/mol. The first-order chi connectivity index (χ1) is 6.04. The van der Waals surface area contributed by atoms with E-state index in [1.165, 1.54) is 11.1 Å². The summed E-state index contributed by atoms with van der Waals surface area (Å²) in [7, 11) is 1.73. The van der Waals surface area contributed by atoms with Gasteiger partial charge in [0.25, 0.3) is 0 Å². The molecule has 0 aliphatic carbocycles. The third-order valence-corrected chi connectivity index (χ3v) is 2.10. The van der Waals surface area contributed by atoms with Gasteiger partial charge in [-0.15, -0.1) is 0 Å². The van der Waals surface area contributed by atoms with E-state index >= 15 is 0 Å². The van der Waals surface area contributed by atoms with E-state index in [4.69, 9.17) is 4.74 Å². The van der Waals surface area contributed by atoms with Gasteiger partial charge in [0.2, 0.25) is 0 Å². The number of methoxy groups -OCH3 is 1. The Morgan fingerprint density at radius 2 is 1.92 bits per heavy atom. The predicted octanol–water partition coefficient (Wildman–Crippen LogP) is 3.13. The summed E-state index contributed by atoms with van der Waals surface area (Å²) in [5, 5.41) is 0. The first kappa shape index (κ1) is 10.3. The number of ether oxygens (including phenoxy) is 1. The molecular formula is C12H18O. The first-order valence-corrected chi connectivity index (χ1v) is 4.62. The van der Waals surface area contributed by atoms with Gasteiger partial charge in [-0.2, -0.15) is 0 Å². The summed E-state index contributed by atoms with van der Waals surface area (Å²) >= 11 is 0. The molecule has 0 bridgehead atoms. The topological polar surface area (TPSA) is 9.23 Å². The molecule has 0 amide bonds. The van der Waals surface area contributed by atoms with E-state index in [1.807, 2.05) is 0 Å². The maximum Gasteiger partial charge on any atom is 0.0713 e. The molecule has 0 aliphatic rings. The molecule has 0 saturated carbocycles. The van der Waals surface area contributed by atoms with Crippen molar-refractivity contribution in [3.05, 3.63) is 35.4 Å². The van der Waals surface area contributed by atoms with Crippen LogP contribution in [-0.2, 0) is 16.8 Å². The molecule has 0 unspecified atom stereocenters. The Balaban J connectivity index is 2.92. The van der Waals surface area contributed by atoms with E-state index in [9.17, 15) is 0 Å². The van der Waals surface area contributed by atoms with Gasteiger partial charge < -0.3 is 4.74 Å². The monoisotopic (exact) mass is 178 g/mol. The highest BCUT2D eigenvalue weighted by Gasteiger charge is 2.13. The quantitative estimate of drug-likeness (QED) is 0.676. The highest BCUT2D eigenvalue weighted by molar-refractivity contribution is 5.28. The van der Waals surface area contributed by atoms with Crippen LogP contribution in [-0.4, -0.2) is 7.11 Å². The second kappa shape index (κ2) is 3.93. The Bertz CT molecular complexity index is 271. The Hall–Kier alpha value is -0.820. The number of rotatable bonds is 2. The van der Waals surface area contributed by atoms with E-state index in [1.54, 1.807) is 7.11 Å². The normalized spacial score (nSPS) is 11.7. The van der Waals surface area contributed by atoms with Crippen molar-refractivity contribution >= 4 is 0 Å². The summed E-state index contributed by atoms with van der Waals surface area (Å²) in [6.07, 6.45) is 0. The summed E-state index contributed by atoms with van der Waals surface area (Å²) in [5.41, 5.74) is 2.83. The molecule has 1 rings (SSSR count). The molecule has 0 heterocycles. The van der Waals surface area contributed by atoms with E-state index in [-0.39, 0.29) is 5.41 Å². The van der Waals surface area contributed by atoms with Crippen LogP contribution in [0.25, 0.3) is 0 Å². The Kier molecular flexibility index (Phi) is 3.10. The maximum atomic E-state index is 5.10. The van der Waals surface area contributed by atoms with Crippen LogP contribution in [0.4, 0.5) is 0 Å². The molecule has 0 N–H and O–H groups in total. The molecular weight excluding hydrogens is 160 g/mol. The minimum atomic E-state index is 0.226. The molecule has 13 heavy (non-hydrogen) atoms. The summed E-state index contributed by atoms with van der Waals surface area (Å²) < 4.78 is 5.10. The molecule has 0 aliphatic heterocycles. The van der Waals surface area contributed by atoms with Crippen LogP contribution in [0.3, 0.4) is 0 Å². The van der Waals surface area contributed by atoms with Crippen molar-refractivity contribution in [2.45, 2.75) is 32.8 Å². The zero-order chi connectivity index (χ0) is 9.90. The highest BCUT2D eigenvalue weighted by Crippen LogP contribution is 2.22. The number of hydrogen-bond donors (Lipinski definition) is 0. The van der Waals surface area contributed by atoms with E-state index < -0.39 is 0 Å². The molecule has 0 fully saturated rings. The lowest BCUT2D eigenvalue weighted by Gasteiger charge is -2.19. The van der Waals surface area contributed by atoms with Crippen molar-refractivity contribution in [2.24, 2.45) is 0 Å². The van der Waals surface area contributed by atoms with Gasteiger partial charge in [-0.05, 0) is 16.5 Å². The van der Waals surface area contributed by atoms with Gasteiger partial charge in [0.1, 0.15) is 0 Å². The Morgan fingerprint density at radius 3 is 2.46 bits per heavy atom. The molecule has 0 atom stereocenters. The first-order valence-electron chi connectivity index (χ1n) is 4.62. The standard InChI is InChI=1S/C12H18O/c1-12(2,3)11-7-5-6-10(8-11)9-13-4/h5-8H,9H2,1-4H3. The SMILES string of the molecule is COCc1cccc(C(C)(C)C)c1. The lowest BCUT2D eigenvalue weighted by Crippen LogP contribution is -2.11. The molecule has 0 spiro atoms.